The predicted octanol–water partition coefficient (Wildman–Crippen LogP) is 1.73. The summed E-state index contributed by atoms with van der Waals surface area (Å²) in [6.07, 6.45) is 6.57. The maximum absolute atomic E-state index is 9.24. The number of hydrogen-bond acceptors (Lipinski definition) is 4. The first-order valence-electron chi connectivity index (χ1n) is 6.06. The van der Waals surface area contributed by atoms with Gasteiger partial charge in [-0.05, 0) is 25.3 Å². The monoisotopic (exact) mass is 234 g/mol. The molecular weight excluding hydrogens is 216 g/mol. The Morgan fingerprint density at radius 3 is 2.76 bits per heavy atom. The van der Waals surface area contributed by atoms with Gasteiger partial charge in [0.05, 0.1) is 43.1 Å². The molecule has 0 aliphatic carbocycles. The van der Waals surface area contributed by atoms with E-state index in [0.29, 0.717) is 5.69 Å². The summed E-state index contributed by atoms with van der Waals surface area (Å²) >= 11 is 0. The molecule has 1 saturated heterocycles. The van der Waals surface area contributed by atoms with Crippen LogP contribution in [0.25, 0.3) is 6.08 Å². The Bertz CT molecular complexity index is 408. The van der Waals surface area contributed by atoms with Gasteiger partial charge in [-0.15, -0.1) is 0 Å². The molecule has 4 heteroatoms. The lowest BCUT2D eigenvalue weighted by atomic mass is 10.1. The van der Waals surface area contributed by atoms with Crippen LogP contribution in [0.5, 0.6) is 0 Å². The molecule has 0 spiro atoms. The van der Waals surface area contributed by atoms with E-state index in [0.717, 1.165) is 43.9 Å². The number of hydrogen-bond donors (Lipinski definition) is 1. The van der Waals surface area contributed by atoms with Crippen LogP contribution in [0.4, 0.5) is 0 Å². The fraction of sp³-hybridized carbons (Fsp3) is 0.538. The Balaban J connectivity index is 2.21. The second kappa shape index (κ2) is 5.89. The number of ether oxygens (including phenoxy) is 1. The minimum atomic E-state index is -0.0453. The highest BCUT2D eigenvalue weighted by molar-refractivity contribution is 5.48. The zero-order valence-corrected chi connectivity index (χ0v) is 10.1. The van der Waals surface area contributed by atoms with Gasteiger partial charge in [0.25, 0.3) is 0 Å². The third kappa shape index (κ3) is 3.11. The zero-order chi connectivity index (χ0) is 12.1. The van der Waals surface area contributed by atoms with Crippen molar-refractivity contribution < 1.29 is 9.84 Å². The summed E-state index contributed by atoms with van der Waals surface area (Å²) in [5.74, 6) is 0. The van der Waals surface area contributed by atoms with E-state index in [1.807, 2.05) is 6.92 Å². The fourth-order valence-corrected chi connectivity index (χ4v) is 1.95. The van der Waals surface area contributed by atoms with Crippen LogP contribution >= 0.6 is 0 Å². The average Bonchev–Trinajstić information content (AvgIpc) is 2.40. The van der Waals surface area contributed by atoms with Crippen molar-refractivity contribution >= 4 is 6.08 Å². The van der Waals surface area contributed by atoms with Crippen molar-refractivity contribution in [2.45, 2.75) is 32.8 Å². The smallest absolute Gasteiger partial charge is 0.0880 e. The van der Waals surface area contributed by atoms with E-state index in [1.165, 1.54) is 5.57 Å². The maximum Gasteiger partial charge on any atom is 0.0880 e. The second-order valence-electron chi connectivity index (χ2n) is 4.11. The molecule has 2 heterocycles. The summed E-state index contributed by atoms with van der Waals surface area (Å²) in [7, 11) is 0. The van der Waals surface area contributed by atoms with E-state index in [1.54, 1.807) is 6.20 Å². The second-order valence-corrected chi connectivity index (χ2v) is 4.11. The van der Waals surface area contributed by atoms with Gasteiger partial charge in [-0.25, -0.2) is 4.98 Å². The Labute approximate surface area is 101 Å². The van der Waals surface area contributed by atoms with E-state index < -0.39 is 0 Å². The molecule has 17 heavy (non-hydrogen) atoms. The van der Waals surface area contributed by atoms with Crippen molar-refractivity contribution in [2.24, 2.45) is 0 Å². The first kappa shape index (κ1) is 12.2. The summed E-state index contributed by atoms with van der Waals surface area (Å²) in [6, 6.07) is 0. The Morgan fingerprint density at radius 2 is 2.12 bits per heavy atom. The van der Waals surface area contributed by atoms with E-state index >= 15 is 0 Å². The lowest BCUT2D eigenvalue weighted by Crippen LogP contribution is -2.07. The molecule has 0 saturated carbocycles. The number of rotatable bonds is 3. The largest absolute Gasteiger partial charge is 0.390 e. The van der Waals surface area contributed by atoms with Crippen LogP contribution in [0.3, 0.4) is 0 Å². The average molecular weight is 234 g/mol. The third-order valence-electron chi connectivity index (χ3n) is 2.92. The van der Waals surface area contributed by atoms with Gasteiger partial charge in [0.2, 0.25) is 0 Å². The molecule has 92 valence electrons. The van der Waals surface area contributed by atoms with Gasteiger partial charge in [-0.3, -0.25) is 4.98 Å². The molecule has 1 aliphatic rings. The minimum Gasteiger partial charge on any atom is -0.390 e. The number of aromatic nitrogens is 2. The van der Waals surface area contributed by atoms with Crippen molar-refractivity contribution in [1.29, 1.82) is 0 Å². The van der Waals surface area contributed by atoms with Crippen LogP contribution in [0.15, 0.2) is 11.8 Å². The molecular formula is C13H18N2O2. The summed E-state index contributed by atoms with van der Waals surface area (Å²) in [4.78, 5) is 8.76. The van der Waals surface area contributed by atoms with Gasteiger partial charge in [-0.2, -0.15) is 0 Å². The van der Waals surface area contributed by atoms with E-state index in [4.69, 9.17) is 4.74 Å². The molecule has 0 bridgehead atoms. The van der Waals surface area contributed by atoms with Crippen LogP contribution in [0.2, 0.25) is 0 Å². The topological polar surface area (TPSA) is 55.2 Å². The van der Waals surface area contributed by atoms with E-state index in [2.05, 4.69) is 16.0 Å². The van der Waals surface area contributed by atoms with Crippen molar-refractivity contribution in [3.63, 3.8) is 0 Å². The predicted molar refractivity (Wildman–Crippen MR) is 65.4 cm³/mol. The molecule has 0 aromatic carbocycles. The molecule has 0 atom stereocenters. The maximum atomic E-state index is 9.24. The van der Waals surface area contributed by atoms with Gasteiger partial charge in [0.15, 0.2) is 0 Å². The standard InChI is InChI=1S/C13H18N2O2/c1-2-12-13(9-16)15-11(8-14-12)7-10-3-5-17-6-4-10/h7-8,16H,2-6,9H2,1H3. The quantitative estimate of drug-likeness (QED) is 0.865. The van der Waals surface area contributed by atoms with Crippen molar-refractivity contribution in [1.82, 2.24) is 9.97 Å². The highest BCUT2D eigenvalue weighted by Crippen LogP contribution is 2.17. The summed E-state index contributed by atoms with van der Waals surface area (Å²) < 4.78 is 5.30. The highest BCUT2D eigenvalue weighted by atomic mass is 16.5. The van der Waals surface area contributed by atoms with Gasteiger partial charge >= 0.3 is 0 Å². The SMILES string of the molecule is CCc1ncc(C=C2CCOCC2)nc1CO. The number of aliphatic hydroxyl groups is 1. The molecule has 0 radical (unpaired) electrons. The highest BCUT2D eigenvalue weighted by Gasteiger charge is 2.07. The van der Waals surface area contributed by atoms with Gasteiger partial charge in [0, 0.05) is 0 Å². The molecule has 1 N–H and O–H groups in total. The van der Waals surface area contributed by atoms with Crippen LogP contribution in [0, 0.1) is 0 Å². The molecule has 0 unspecified atom stereocenters. The lowest BCUT2D eigenvalue weighted by Gasteiger charge is -2.14. The first-order chi connectivity index (χ1) is 8.33. The number of nitrogens with zero attached hydrogens (tertiary/aromatic N) is 2. The molecule has 4 nitrogen and oxygen atoms in total. The number of aliphatic hydroxyl groups excluding tert-OH is 1. The molecule has 0 amide bonds. The van der Waals surface area contributed by atoms with Crippen LogP contribution < -0.4 is 0 Å². The summed E-state index contributed by atoms with van der Waals surface area (Å²) in [5.41, 5.74) is 3.75. The summed E-state index contributed by atoms with van der Waals surface area (Å²) in [6.45, 7) is 3.55. The molecule has 1 aliphatic heterocycles. The molecule has 1 fully saturated rings. The Kier molecular flexibility index (Phi) is 4.23. The van der Waals surface area contributed by atoms with Crippen LogP contribution in [-0.4, -0.2) is 28.3 Å². The minimum absolute atomic E-state index is 0.0453. The van der Waals surface area contributed by atoms with Gasteiger partial charge in [-0.1, -0.05) is 12.5 Å². The molecule has 1 aromatic heterocycles. The lowest BCUT2D eigenvalue weighted by molar-refractivity contribution is 0.119. The zero-order valence-electron chi connectivity index (χ0n) is 10.1. The van der Waals surface area contributed by atoms with Crippen LogP contribution in [-0.2, 0) is 17.8 Å². The van der Waals surface area contributed by atoms with Crippen molar-refractivity contribution in [3.05, 3.63) is 28.9 Å². The summed E-state index contributed by atoms with van der Waals surface area (Å²) in [5, 5.41) is 9.24. The Morgan fingerprint density at radius 1 is 1.35 bits per heavy atom. The van der Waals surface area contributed by atoms with Gasteiger partial charge in [0.1, 0.15) is 0 Å². The number of aryl methyl sites for hydroxylation is 1. The van der Waals surface area contributed by atoms with E-state index in [-0.39, 0.29) is 6.61 Å². The third-order valence-corrected chi connectivity index (χ3v) is 2.92. The van der Waals surface area contributed by atoms with Crippen molar-refractivity contribution in [2.75, 3.05) is 13.2 Å². The first-order valence-corrected chi connectivity index (χ1v) is 6.06. The molecule has 1 aromatic rings. The van der Waals surface area contributed by atoms with Gasteiger partial charge < -0.3 is 9.84 Å². The normalized spacial score (nSPS) is 16.0. The van der Waals surface area contributed by atoms with E-state index in [9.17, 15) is 5.11 Å². The Hall–Kier alpha value is -1.26. The fourth-order valence-electron chi connectivity index (χ4n) is 1.95. The molecule has 2 rings (SSSR count). The van der Waals surface area contributed by atoms with Crippen molar-refractivity contribution in [3.8, 4) is 0 Å². The van der Waals surface area contributed by atoms with Crippen LogP contribution in [0.1, 0.15) is 36.8 Å².